The number of nitrogens with zero attached hydrogens (tertiary/aromatic N) is 1. The zero-order valence-corrected chi connectivity index (χ0v) is 14.3. The van der Waals surface area contributed by atoms with Gasteiger partial charge in [-0.1, -0.05) is 11.6 Å². The van der Waals surface area contributed by atoms with Crippen molar-refractivity contribution >= 4 is 23.4 Å². The Morgan fingerprint density at radius 1 is 1.36 bits per heavy atom. The summed E-state index contributed by atoms with van der Waals surface area (Å²) in [5.41, 5.74) is 1.44. The molecule has 5 nitrogen and oxygen atoms in total. The quantitative estimate of drug-likeness (QED) is 0.827. The summed E-state index contributed by atoms with van der Waals surface area (Å²) in [6.45, 7) is 7.56. The van der Waals surface area contributed by atoms with Gasteiger partial charge in [0.15, 0.2) is 5.15 Å². The molecule has 2 atom stereocenters. The van der Waals surface area contributed by atoms with Crippen molar-refractivity contribution in [1.82, 2.24) is 10.3 Å². The van der Waals surface area contributed by atoms with Crippen LogP contribution < -0.4 is 10.6 Å². The van der Waals surface area contributed by atoms with Crippen molar-refractivity contribution in [2.75, 3.05) is 5.32 Å². The van der Waals surface area contributed by atoms with E-state index in [1.54, 1.807) is 6.20 Å². The number of aromatic nitrogens is 1. The molecule has 2 N–H and O–H groups in total. The molecule has 0 spiro atoms. The van der Waals surface area contributed by atoms with Gasteiger partial charge in [-0.25, -0.2) is 9.78 Å². The maximum atomic E-state index is 11.8. The van der Waals surface area contributed by atoms with Crippen molar-refractivity contribution in [2.45, 2.75) is 64.6 Å². The number of carbonyl (C=O) groups excluding carboxylic acids is 1. The van der Waals surface area contributed by atoms with Gasteiger partial charge < -0.3 is 15.4 Å². The fourth-order valence-corrected chi connectivity index (χ4v) is 2.75. The van der Waals surface area contributed by atoms with E-state index in [9.17, 15) is 4.79 Å². The number of pyridine rings is 1. The highest BCUT2D eigenvalue weighted by molar-refractivity contribution is 6.31. The van der Waals surface area contributed by atoms with Crippen LogP contribution >= 0.6 is 11.6 Å². The van der Waals surface area contributed by atoms with E-state index in [0.717, 1.165) is 30.5 Å². The Morgan fingerprint density at radius 3 is 2.73 bits per heavy atom. The molecule has 2 rings (SSSR count). The smallest absolute Gasteiger partial charge is 0.407 e. The van der Waals surface area contributed by atoms with Crippen LogP contribution in [0, 0.1) is 6.92 Å². The van der Waals surface area contributed by atoms with E-state index in [4.69, 9.17) is 16.3 Å². The summed E-state index contributed by atoms with van der Waals surface area (Å²) in [5.74, 6) is 0. The normalized spacial score (nSPS) is 21.5. The van der Waals surface area contributed by atoms with Crippen molar-refractivity contribution in [2.24, 2.45) is 0 Å². The van der Waals surface area contributed by atoms with Crippen LogP contribution in [0.3, 0.4) is 0 Å². The number of nitrogens with one attached hydrogen (secondary N) is 2. The second-order valence-corrected chi connectivity index (χ2v) is 7.21. The number of amides is 1. The topological polar surface area (TPSA) is 63.2 Å². The van der Waals surface area contributed by atoms with Crippen molar-refractivity contribution < 1.29 is 9.53 Å². The third kappa shape index (κ3) is 5.05. The number of aryl methyl sites for hydroxylation is 1. The molecule has 1 fully saturated rings. The third-order valence-corrected chi connectivity index (χ3v) is 3.79. The van der Waals surface area contributed by atoms with E-state index >= 15 is 0 Å². The largest absolute Gasteiger partial charge is 0.444 e. The molecule has 6 heteroatoms. The van der Waals surface area contributed by atoms with Gasteiger partial charge >= 0.3 is 6.09 Å². The summed E-state index contributed by atoms with van der Waals surface area (Å²) >= 11 is 6.10. The molecule has 0 aromatic carbocycles. The van der Waals surface area contributed by atoms with E-state index < -0.39 is 5.60 Å². The van der Waals surface area contributed by atoms with Gasteiger partial charge in [-0.15, -0.1) is 0 Å². The van der Waals surface area contributed by atoms with Gasteiger partial charge in [0.2, 0.25) is 0 Å². The maximum absolute atomic E-state index is 11.8. The predicted octanol–water partition coefficient (Wildman–Crippen LogP) is 3.90. The van der Waals surface area contributed by atoms with Crippen LogP contribution in [0.2, 0.25) is 5.15 Å². The molecule has 1 aliphatic carbocycles. The number of hydrogen-bond acceptors (Lipinski definition) is 4. The van der Waals surface area contributed by atoms with Crippen molar-refractivity contribution in [3.63, 3.8) is 0 Å². The maximum Gasteiger partial charge on any atom is 0.407 e. The SMILES string of the molecule is Cc1cnc(Cl)c(NC2CCC(NC(=O)OC(C)(C)C)C2)c1. The van der Waals surface area contributed by atoms with E-state index in [1.165, 1.54) is 0 Å². The molecular formula is C16H24ClN3O2. The fraction of sp³-hybridized carbons (Fsp3) is 0.625. The minimum atomic E-state index is -0.471. The molecule has 22 heavy (non-hydrogen) atoms. The number of hydrogen-bond donors (Lipinski definition) is 2. The summed E-state index contributed by atoms with van der Waals surface area (Å²) in [4.78, 5) is 15.9. The minimum absolute atomic E-state index is 0.129. The summed E-state index contributed by atoms with van der Waals surface area (Å²) in [7, 11) is 0. The first-order valence-corrected chi connectivity index (χ1v) is 7.99. The molecule has 2 unspecified atom stereocenters. The van der Waals surface area contributed by atoms with E-state index in [2.05, 4.69) is 15.6 Å². The van der Waals surface area contributed by atoms with Crippen LogP contribution in [-0.4, -0.2) is 28.8 Å². The average Bonchev–Trinajstić information content (AvgIpc) is 2.78. The molecule has 0 bridgehead atoms. The Morgan fingerprint density at radius 2 is 2.05 bits per heavy atom. The average molecular weight is 326 g/mol. The molecule has 0 radical (unpaired) electrons. The summed E-state index contributed by atoms with van der Waals surface area (Å²) < 4.78 is 5.29. The molecule has 1 aromatic rings. The number of ether oxygens (including phenoxy) is 1. The Hall–Kier alpha value is -1.49. The van der Waals surface area contributed by atoms with Crippen molar-refractivity contribution in [3.05, 3.63) is 23.0 Å². The Bertz CT molecular complexity index is 543. The summed E-state index contributed by atoms with van der Waals surface area (Å²) in [6, 6.07) is 2.40. The lowest BCUT2D eigenvalue weighted by molar-refractivity contribution is 0.0505. The first kappa shape index (κ1) is 16.9. The standard InChI is InChI=1S/C16H24ClN3O2/c1-10-7-13(14(17)18-9-10)19-11-5-6-12(8-11)20-15(21)22-16(2,3)4/h7,9,11-12,19H,5-6,8H2,1-4H3,(H,20,21). The van der Waals surface area contributed by atoms with Gasteiger partial charge in [0, 0.05) is 18.3 Å². The molecule has 1 aliphatic rings. The van der Waals surface area contributed by atoms with Gasteiger partial charge in [-0.2, -0.15) is 0 Å². The number of rotatable bonds is 3. The first-order chi connectivity index (χ1) is 10.2. The van der Waals surface area contributed by atoms with Gasteiger partial charge in [-0.3, -0.25) is 0 Å². The number of anilines is 1. The van der Waals surface area contributed by atoms with Crippen LogP contribution in [0.25, 0.3) is 0 Å². The highest BCUT2D eigenvalue weighted by Gasteiger charge is 2.28. The Kier molecular flexibility index (Phi) is 5.16. The Balaban J connectivity index is 1.85. The van der Waals surface area contributed by atoms with Gasteiger partial charge in [0.25, 0.3) is 0 Å². The lowest BCUT2D eigenvalue weighted by atomic mass is 10.2. The molecular weight excluding hydrogens is 302 g/mol. The Labute approximate surface area is 136 Å². The van der Waals surface area contributed by atoms with Crippen LogP contribution in [-0.2, 0) is 4.74 Å². The second-order valence-electron chi connectivity index (χ2n) is 6.85. The van der Waals surface area contributed by atoms with Gasteiger partial charge in [0.1, 0.15) is 5.60 Å². The molecule has 1 saturated carbocycles. The molecule has 122 valence electrons. The lowest BCUT2D eigenvalue weighted by Gasteiger charge is -2.22. The molecule has 0 aliphatic heterocycles. The van der Waals surface area contributed by atoms with Crippen LogP contribution in [0.1, 0.15) is 45.6 Å². The van der Waals surface area contributed by atoms with E-state index in [0.29, 0.717) is 5.15 Å². The second kappa shape index (κ2) is 6.73. The number of halogens is 1. The number of carbonyl (C=O) groups is 1. The minimum Gasteiger partial charge on any atom is -0.444 e. The fourth-order valence-electron chi connectivity index (χ4n) is 2.59. The predicted molar refractivity (Wildman–Crippen MR) is 88.4 cm³/mol. The van der Waals surface area contributed by atoms with Crippen LogP contribution in [0.4, 0.5) is 10.5 Å². The summed E-state index contributed by atoms with van der Waals surface area (Å²) in [6.07, 6.45) is 4.14. The van der Waals surface area contributed by atoms with Crippen molar-refractivity contribution in [1.29, 1.82) is 0 Å². The van der Waals surface area contributed by atoms with Gasteiger partial charge in [0.05, 0.1) is 5.69 Å². The zero-order chi connectivity index (χ0) is 16.3. The lowest BCUT2D eigenvalue weighted by Crippen LogP contribution is -2.38. The van der Waals surface area contributed by atoms with Gasteiger partial charge in [-0.05, 0) is 58.6 Å². The van der Waals surface area contributed by atoms with Crippen LogP contribution in [0.15, 0.2) is 12.3 Å². The molecule has 0 saturated heterocycles. The highest BCUT2D eigenvalue weighted by atomic mass is 35.5. The molecule has 1 amide bonds. The first-order valence-electron chi connectivity index (χ1n) is 7.61. The van der Waals surface area contributed by atoms with Crippen LogP contribution in [0.5, 0.6) is 0 Å². The van der Waals surface area contributed by atoms with Crippen molar-refractivity contribution in [3.8, 4) is 0 Å². The summed E-state index contributed by atoms with van der Waals surface area (Å²) in [5, 5.41) is 6.82. The highest BCUT2D eigenvalue weighted by Crippen LogP contribution is 2.27. The third-order valence-electron chi connectivity index (χ3n) is 3.49. The molecule has 1 aromatic heterocycles. The number of alkyl carbamates (subject to hydrolysis) is 1. The molecule has 1 heterocycles. The zero-order valence-electron chi connectivity index (χ0n) is 13.6. The van der Waals surface area contributed by atoms with E-state index in [1.807, 2.05) is 33.8 Å². The van der Waals surface area contributed by atoms with E-state index in [-0.39, 0.29) is 18.2 Å². The monoisotopic (exact) mass is 325 g/mol.